The number of carbonyl (C=O) groups is 1. The van der Waals surface area contributed by atoms with Crippen LogP contribution in [0.4, 0.5) is 0 Å². The number of rotatable bonds is 5. The number of hydrogen-bond donors (Lipinski definition) is 0. The van der Waals surface area contributed by atoms with E-state index < -0.39 is 0 Å². The Hall–Kier alpha value is -2.46. The average Bonchev–Trinajstić information content (AvgIpc) is 2.89. The van der Waals surface area contributed by atoms with E-state index in [4.69, 9.17) is 11.6 Å². The molecule has 0 bridgehead atoms. The van der Waals surface area contributed by atoms with E-state index >= 15 is 0 Å². The van der Waals surface area contributed by atoms with Crippen LogP contribution in [0.3, 0.4) is 0 Å². The number of halogens is 1. The molecule has 0 saturated heterocycles. The summed E-state index contributed by atoms with van der Waals surface area (Å²) in [5.41, 5.74) is 4.10. The molecule has 0 amide bonds. The number of ketones is 1. The predicted molar refractivity (Wildman–Crippen MR) is 94.9 cm³/mol. The third-order valence-corrected chi connectivity index (χ3v) is 4.23. The summed E-state index contributed by atoms with van der Waals surface area (Å²) in [6.45, 7) is 3.79. The van der Waals surface area contributed by atoms with Crippen molar-refractivity contribution in [2.24, 2.45) is 0 Å². The van der Waals surface area contributed by atoms with Gasteiger partial charge in [0.15, 0.2) is 5.78 Å². The molecule has 0 aliphatic rings. The topological polar surface area (TPSA) is 47.8 Å². The van der Waals surface area contributed by atoms with Gasteiger partial charge in [-0.2, -0.15) is 5.10 Å². The monoisotopic (exact) mass is 339 g/mol. The molecule has 3 rings (SSSR count). The SMILES string of the molecule is Cc1nn(-c2ccc(Cl)cc2)c(C)c1C(=O)CCc1ccccn1. The fourth-order valence-electron chi connectivity index (χ4n) is 2.79. The molecular formula is C19H18ClN3O. The van der Waals surface area contributed by atoms with Crippen molar-refractivity contribution in [2.75, 3.05) is 0 Å². The lowest BCUT2D eigenvalue weighted by Gasteiger charge is -2.05. The van der Waals surface area contributed by atoms with Crippen molar-refractivity contribution in [1.29, 1.82) is 0 Å². The van der Waals surface area contributed by atoms with Crippen LogP contribution in [0.1, 0.15) is 33.9 Å². The Morgan fingerprint density at radius 1 is 1.12 bits per heavy atom. The summed E-state index contributed by atoms with van der Waals surface area (Å²) >= 11 is 5.94. The van der Waals surface area contributed by atoms with Crippen molar-refractivity contribution in [3.05, 3.63) is 76.3 Å². The highest BCUT2D eigenvalue weighted by Crippen LogP contribution is 2.21. The van der Waals surface area contributed by atoms with Crippen molar-refractivity contribution in [3.8, 4) is 5.69 Å². The standard InChI is InChI=1S/C19H18ClN3O/c1-13-19(18(24)11-8-16-5-3-4-12-21-16)14(2)23(22-13)17-9-6-15(20)7-10-17/h3-7,9-10,12H,8,11H2,1-2H3. The molecule has 2 heterocycles. The van der Waals surface area contributed by atoms with E-state index in [-0.39, 0.29) is 5.78 Å². The zero-order valence-corrected chi connectivity index (χ0v) is 14.4. The maximum absolute atomic E-state index is 12.7. The van der Waals surface area contributed by atoms with Crippen molar-refractivity contribution >= 4 is 17.4 Å². The molecule has 0 radical (unpaired) electrons. The Morgan fingerprint density at radius 3 is 2.54 bits per heavy atom. The second-order valence-corrected chi connectivity index (χ2v) is 6.11. The third-order valence-electron chi connectivity index (χ3n) is 3.98. The van der Waals surface area contributed by atoms with Gasteiger partial charge in [0, 0.05) is 23.3 Å². The number of benzene rings is 1. The Morgan fingerprint density at radius 2 is 1.88 bits per heavy atom. The lowest BCUT2D eigenvalue weighted by Crippen LogP contribution is -2.06. The number of pyridine rings is 1. The van der Waals surface area contributed by atoms with E-state index in [9.17, 15) is 4.79 Å². The molecule has 0 N–H and O–H groups in total. The molecule has 1 aromatic carbocycles. The van der Waals surface area contributed by atoms with Crippen LogP contribution >= 0.6 is 11.6 Å². The van der Waals surface area contributed by atoms with Crippen LogP contribution in [0, 0.1) is 13.8 Å². The van der Waals surface area contributed by atoms with Crippen LogP contribution in [-0.4, -0.2) is 20.5 Å². The van der Waals surface area contributed by atoms with E-state index in [1.54, 1.807) is 10.9 Å². The highest BCUT2D eigenvalue weighted by molar-refractivity contribution is 6.30. The summed E-state index contributed by atoms with van der Waals surface area (Å²) in [5, 5.41) is 5.20. The molecule has 5 heteroatoms. The van der Waals surface area contributed by atoms with E-state index in [0.29, 0.717) is 23.4 Å². The van der Waals surface area contributed by atoms with Gasteiger partial charge in [-0.25, -0.2) is 4.68 Å². The summed E-state index contributed by atoms with van der Waals surface area (Å²) in [6.07, 6.45) is 2.80. The normalized spacial score (nSPS) is 10.8. The molecule has 0 aliphatic carbocycles. The molecule has 0 spiro atoms. The second-order valence-electron chi connectivity index (χ2n) is 5.68. The first-order chi connectivity index (χ1) is 11.6. The van der Waals surface area contributed by atoms with Crippen LogP contribution in [0.15, 0.2) is 48.7 Å². The number of aryl methyl sites for hydroxylation is 2. The summed E-state index contributed by atoms with van der Waals surface area (Å²) in [4.78, 5) is 16.9. The quantitative estimate of drug-likeness (QED) is 0.649. The Balaban J connectivity index is 1.83. The molecule has 122 valence electrons. The van der Waals surface area contributed by atoms with Gasteiger partial charge in [0.1, 0.15) is 0 Å². The summed E-state index contributed by atoms with van der Waals surface area (Å²) in [7, 11) is 0. The number of hydrogen-bond acceptors (Lipinski definition) is 3. The minimum absolute atomic E-state index is 0.0934. The highest BCUT2D eigenvalue weighted by Gasteiger charge is 2.19. The van der Waals surface area contributed by atoms with Crippen LogP contribution in [0.5, 0.6) is 0 Å². The van der Waals surface area contributed by atoms with E-state index in [1.807, 2.05) is 56.3 Å². The minimum atomic E-state index is 0.0934. The van der Waals surface area contributed by atoms with Crippen LogP contribution in [0.25, 0.3) is 5.69 Å². The van der Waals surface area contributed by atoms with Gasteiger partial charge in [-0.15, -0.1) is 0 Å². The highest BCUT2D eigenvalue weighted by atomic mass is 35.5. The molecule has 0 unspecified atom stereocenters. The third kappa shape index (κ3) is 3.39. The van der Waals surface area contributed by atoms with Gasteiger partial charge in [0.2, 0.25) is 0 Å². The van der Waals surface area contributed by atoms with E-state index in [1.165, 1.54) is 0 Å². The Labute approximate surface area is 146 Å². The van der Waals surface area contributed by atoms with Crippen LogP contribution in [-0.2, 0) is 6.42 Å². The zero-order valence-electron chi connectivity index (χ0n) is 13.7. The molecule has 0 aliphatic heterocycles. The molecule has 2 aromatic heterocycles. The van der Waals surface area contributed by atoms with Crippen molar-refractivity contribution in [2.45, 2.75) is 26.7 Å². The number of carbonyl (C=O) groups excluding carboxylic acids is 1. The number of nitrogens with zero attached hydrogens (tertiary/aromatic N) is 3. The van der Waals surface area contributed by atoms with Gasteiger partial charge in [-0.3, -0.25) is 9.78 Å². The summed E-state index contributed by atoms with van der Waals surface area (Å²) < 4.78 is 1.79. The van der Waals surface area contributed by atoms with Gasteiger partial charge in [-0.05, 0) is 56.7 Å². The Bertz CT molecular complexity index is 854. The zero-order chi connectivity index (χ0) is 17.1. The fourth-order valence-corrected chi connectivity index (χ4v) is 2.92. The first-order valence-corrected chi connectivity index (χ1v) is 8.19. The van der Waals surface area contributed by atoms with Gasteiger partial charge in [0.05, 0.1) is 22.6 Å². The lowest BCUT2D eigenvalue weighted by atomic mass is 10.0. The fraction of sp³-hybridized carbons (Fsp3) is 0.211. The molecule has 3 aromatic rings. The Kier molecular flexibility index (Phi) is 4.76. The van der Waals surface area contributed by atoms with Crippen molar-refractivity contribution in [3.63, 3.8) is 0 Å². The average molecular weight is 340 g/mol. The predicted octanol–water partition coefficient (Wildman–Crippen LogP) is 4.35. The number of Topliss-reactive ketones (excluding diaryl/α,β-unsaturated/α-hetero) is 1. The van der Waals surface area contributed by atoms with Crippen LogP contribution < -0.4 is 0 Å². The van der Waals surface area contributed by atoms with Gasteiger partial charge >= 0.3 is 0 Å². The number of aromatic nitrogens is 3. The maximum Gasteiger partial charge on any atom is 0.166 e. The van der Waals surface area contributed by atoms with Gasteiger partial charge in [-0.1, -0.05) is 17.7 Å². The second kappa shape index (κ2) is 6.97. The van der Waals surface area contributed by atoms with E-state index in [2.05, 4.69) is 10.1 Å². The molecule has 4 nitrogen and oxygen atoms in total. The minimum Gasteiger partial charge on any atom is -0.294 e. The maximum atomic E-state index is 12.7. The first kappa shape index (κ1) is 16.4. The van der Waals surface area contributed by atoms with E-state index in [0.717, 1.165) is 22.8 Å². The smallest absolute Gasteiger partial charge is 0.166 e. The first-order valence-electron chi connectivity index (χ1n) is 7.81. The van der Waals surface area contributed by atoms with Crippen LogP contribution in [0.2, 0.25) is 5.02 Å². The summed E-state index contributed by atoms with van der Waals surface area (Å²) in [5.74, 6) is 0.0934. The molecule has 0 fully saturated rings. The van der Waals surface area contributed by atoms with Crippen molar-refractivity contribution < 1.29 is 4.79 Å². The molecule has 0 saturated carbocycles. The molecule has 0 atom stereocenters. The summed E-state index contributed by atoms with van der Waals surface area (Å²) in [6, 6.07) is 13.2. The van der Waals surface area contributed by atoms with Gasteiger partial charge in [0.25, 0.3) is 0 Å². The molecule has 24 heavy (non-hydrogen) atoms. The van der Waals surface area contributed by atoms with Gasteiger partial charge < -0.3 is 0 Å². The largest absolute Gasteiger partial charge is 0.294 e. The molecular weight excluding hydrogens is 322 g/mol. The lowest BCUT2D eigenvalue weighted by molar-refractivity contribution is 0.0981. The van der Waals surface area contributed by atoms with Crippen molar-refractivity contribution in [1.82, 2.24) is 14.8 Å².